The number of anilines is 1. The monoisotopic (exact) mass is 300 g/mol. The van der Waals surface area contributed by atoms with Crippen molar-refractivity contribution in [3.63, 3.8) is 0 Å². The van der Waals surface area contributed by atoms with Crippen molar-refractivity contribution in [2.75, 3.05) is 37.7 Å². The van der Waals surface area contributed by atoms with Crippen LogP contribution >= 0.6 is 0 Å². The van der Waals surface area contributed by atoms with E-state index in [9.17, 15) is 4.79 Å². The number of rotatable bonds is 3. The topological polar surface area (TPSA) is 69.5 Å². The lowest BCUT2D eigenvalue weighted by Gasteiger charge is -2.35. The molecule has 0 bridgehead atoms. The van der Waals surface area contributed by atoms with Crippen molar-refractivity contribution in [2.24, 2.45) is 0 Å². The molecule has 0 spiro atoms. The zero-order valence-electron chi connectivity index (χ0n) is 12.6. The number of amides is 1. The minimum absolute atomic E-state index is 0.116. The summed E-state index contributed by atoms with van der Waals surface area (Å²) < 4.78 is 5.53. The third-order valence-corrected chi connectivity index (χ3v) is 4.26. The number of carbonyl (C=O) groups excluding carboxylic acids is 1. The molecular weight excluding hydrogens is 280 g/mol. The van der Waals surface area contributed by atoms with Crippen molar-refractivity contribution in [2.45, 2.75) is 25.4 Å². The molecule has 6 heteroatoms. The van der Waals surface area contributed by atoms with Crippen molar-refractivity contribution in [3.05, 3.63) is 23.9 Å². The van der Waals surface area contributed by atoms with E-state index in [1.807, 2.05) is 11.0 Å². The standard InChI is InChI=1S/C16H20N4O2/c17-11-13-3-4-15(18-12-13)19-5-7-20(8-6-19)16(21)10-14-2-1-9-22-14/h3-4,12,14H,1-2,5-10H2/t14-/m1/s1. The number of hydrogen-bond donors (Lipinski definition) is 0. The first-order valence-electron chi connectivity index (χ1n) is 7.77. The van der Waals surface area contributed by atoms with E-state index in [1.54, 1.807) is 12.3 Å². The fraction of sp³-hybridized carbons (Fsp3) is 0.562. The molecule has 0 N–H and O–H groups in total. The Kier molecular flexibility index (Phi) is 4.54. The largest absolute Gasteiger partial charge is 0.378 e. The number of ether oxygens (including phenoxy) is 1. The quantitative estimate of drug-likeness (QED) is 0.838. The van der Waals surface area contributed by atoms with E-state index in [4.69, 9.17) is 10.00 Å². The van der Waals surface area contributed by atoms with Crippen LogP contribution in [-0.2, 0) is 9.53 Å². The van der Waals surface area contributed by atoms with Crippen LogP contribution in [0.1, 0.15) is 24.8 Å². The van der Waals surface area contributed by atoms with Crippen LogP contribution in [0.5, 0.6) is 0 Å². The molecule has 0 aliphatic carbocycles. The third kappa shape index (κ3) is 3.37. The molecule has 3 rings (SSSR count). The molecule has 1 aromatic rings. The highest BCUT2D eigenvalue weighted by Crippen LogP contribution is 2.18. The lowest BCUT2D eigenvalue weighted by atomic mass is 10.1. The Hall–Kier alpha value is -2.13. The Morgan fingerprint density at radius 2 is 2.18 bits per heavy atom. The third-order valence-electron chi connectivity index (χ3n) is 4.26. The van der Waals surface area contributed by atoms with Gasteiger partial charge in [0, 0.05) is 39.0 Å². The number of nitriles is 1. The Morgan fingerprint density at radius 3 is 2.77 bits per heavy atom. The fourth-order valence-electron chi connectivity index (χ4n) is 2.95. The van der Waals surface area contributed by atoms with Gasteiger partial charge in [-0.2, -0.15) is 5.26 Å². The molecule has 0 unspecified atom stereocenters. The molecule has 1 aromatic heterocycles. The molecule has 2 saturated heterocycles. The molecule has 0 saturated carbocycles. The summed E-state index contributed by atoms with van der Waals surface area (Å²) in [7, 11) is 0. The van der Waals surface area contributed by atoms with E-state index >= 15 is 0 Å². The van der Waals surface area contributed by atoms with Crippen molar-refractivity contribution >= 4 is 11.7 Å². The molecule has 22 heavy (non-hydrogen) atoms. The van der Waals surface area contributed by atoms with E-state index in [1.165, 1.54) is 0 Å². The SMILES string of the molecule is N#Cc1ccc(N2CCN(C(=O)C[C@H]3CCCO3)CC2)nc1. The van der Waals surface area contributed by atoms with Crippen LogP contribution in [0, 0.1) is 11.3 Å². The van der Waals surface area contributed by atoms with Crippen molar-refractivity contribution in [1.82, 2.24) is 9.88 Å². The summed E-state index contributed by atoms with van der Waals surface area (Å²) in [5.41, 5.74) is 0.564. The van der Waals surface area contributed by atoms with E-state index in [0.29, 0.717) is 25.1 Å². The number of hydrogen-bond acceptors (Lipinski definition) is 5. The zero-order valence-corrected chi connectivity index (χ0v) is 12.6. The first kappa shape index (κ1) is 14.8. The number of nitrogens with zero attached hydrogens (tertiary/aromatic N) is 4. The van der Waals surface area contributed by atoms with Gasteiger partial charge in [0.2, 0.25) is 5.91 Å². The summed E-state index contributed by atoms with van der Waals surface area (Å²) in [6, 6.07) is 5.71. The van der Waals surface area contributed by atoms with Crippen LogP contribution in [0.15, 0.2) is 18.3 Å². The smallest absolute Gasteiger partial charge is 0.225 e. The van der Waals surface area contributed by atoms with Gasteiger partial charge in [0.05, 0.1) is 18.1 Å². The van der Waals surface area contributed by atoms with Gasteiger partial charge in [-0.1, -0.05) is 0 Å². The maximum atomic E-state index is 12.3. The molecule has 0 aromatic carbocycles. The fourth-order valence-corrected chi connectivity index (χ4v) is 2.95. The summed E-state index contributed by atoms with van der Waals surface area (Å²) >= 11 is 0. The average Bonchev–Trinajstić information content (AvgIpc) is 3.08. The Balaban J connectivity index is 1.51. The number of aromatic nitrogens is 1. The van der Waals surface area contributed by atoms with Crippen molar-refractivity contribution in [1.29, 1.82) is 5.26 Å². The van der Waals surface area contributed by atoms with Crippen LogP contribution in [0.3, 0.4) is 0 Å². The maximum Gasteiger partial charge on any atom is 0.225 e. The molecule has 2 aliphatic rings. The van der Waals surface area contributed by atoms with Gasteiger partial charge in [-0.15, -0.1) is 0 Å². The van der Waals surface area contributed by atoms with E-state index in [2.05, 4.69) is 16.0 Å². The Labute approximate surface area is 130 Å². The minimum atomic E-state index is 0.116. The van der Waals surface area contributed by atoms with Gasteiger partial charge < -0.3 is 14.5 Å². The van der Waals surface area contributed by atoms with Gasteiger partial charge in [0.15, 0.2) is 0 Å². The Morgan fingerprint density at radius 1 is 1.36 bits per heavy atom. The zero-order chi connectivity index (χ0) is 15.4. The van der Waals surface area contributed by atoms with Gasteiger partial charge in [0.1, 0.15) is 11.9 Å². The van der Waals surface area contributed by atoms with Gasteiger partial charge in [-0.25, -0.2) is 4.98 Å². The summed E-state index contributed by atoms with van der Waals surface area (Å²) in [6.07, 6.45) is 4.28. The van der Waals surface area contributed by atoms with Crippen LogP contribution in [-0.4, -0.2) is 54.7 Å². The second-order valence-corrected chi connectivity index (χ2v) is 5.72. The van der Waals surface area contributed by atoms with E-state index in [0.717, 1.165) is 38.4 Å². The van der Waals surface area contributed by atoms with Gasteiger partial charge in [-0.05, 0) is 25.0 Å². The van der Waals surface area contributed by atoms with Gasteiger partial charge >= 0.3 is 0 Å². The highest BCUT2D eigenvalue weighted by molar-refractivity contribution is 5.77. The van der Waals surface area contributed by atoms with Crippen LogP contribution < -0.4 is 4.90 Å². The van der Waals surface area contributed by atoms with E-state index in [-0.39, 0.29) is 12.0 Å². The van der Waals surface area contributed by atoms with Crippen molar-refractivity contribution < 1.29 is 9.53 Å². The van der Waals surface area contributed by atoms with Crippen LogP contribution in [0.2, 0.25) is 0 Å². The number of carbonyl (C=O) groups is 1. The Bertz CT molecular complexity index is 553. The minimum Gasteiger partial charge on any atom is -0.378 e. The molecule has 1 amide bonds. The van der Waals surface area contributed by atoms with Crippen LogP contribution in [0.25, 0.3) is 0 Å². The van der Waals surface area contributed by atoms with E-state index < -0.39 is 0 Å². The first-order valence-corrected chi connectivity index (χ1v) is 7.77. The maximum absolute atomic E-state index is 12.3. The first-order chi connectivity index (χ1) is 10.8. The molecule has 3 heterocycles. The molecular formula is C16H20N4O2. The second-order valence-electron chi connectivity index (χ2n) is 5.72. The summed E-state index contributed by atoms with van der Waals surface area (Å²) in [4.78, 5) is 20.6. The van der Waals surface area contributed by atoms with Gasteiger partial charge in [0.25, 0.3) is 0 Å². The highest BCUT2D eigenvalue weighted by atomic mass is 16.5. The molecule has 0 radical (unpaired) electrons. The second kappa shape index (κ2) is 6.75. The molecule has 116 valence electrons. The van der Waals surface area contributed by atoms with Crippen molar-refractivity contribution in [3.8, 4) is 6.07 Å². The predicted molar refractivity (Wildman–Crippen MR) is 81.3 cm³/mol. The highest BCUT2D eigenvalue weighted by Gasteiger charge is 2.25. The number of piperazine rings is 1. The molecule has 2 fully saturated rings. The molecule has 1 atom stereocenters. The van der Waals surface area contributed by atoms with Crippen LogP contribution in [0.4, 0.5) is 5.82 Å². The summed E-state index contributed by atoms with van der Waals surface area (Å²) in [6.45, 7) is 3.77. The summed E-state index contributed by atoms with van der Waals surface area (Å²) in [5.74, 6) is 1.06. The number of pyridine rings is 1. The predicted octanol–water partition coefficient (Wildman–Crippen LogP) is 1.17. The lowest BCUT2D eigenvalue weighted by molar-refractivity contribution is -0.133. The van der Waals surface area contributed by atoms with Gasteiger partial charge in [-0.3, -0.25) is 4.79 Å². The lowest BCUT2D eigenvalue weighted by Crippen LogP contribution is -2.49. The molecule has 6 nitrogen and oxygen atoms in total. The molecule has 2 aliphatic heterocycles. The summed E-state index contributed by atoms with van der Waals surface area (Å²) in [5, 5.41) is 8.79. The normalized spacial score (nSPS) is 21.7. The average molecular weight is 300 g/mol.